The number of methoxy groups -OCH3 is 2. The second-order valence-electron chi connectivity index (χ2n) is 9.50. The molecule has 0 radical (unpaired) electrons. The minimum absolute atomic E-state index is 0.00545. The van der Waals surface area contributed by atoms with Gasteiger partial charge in [0.1, 0.15) is 11.4 Å². The Morgan fingerprint density at radius 3 is 2.27 bits per heavy atom. The van der Waals surface area contributed by atoms with E-state index >= 15 is 0 Å². The van der Waals surface area contributed by atoms with E-state index in [0.29, 0.717) is 23.7 Å². The Bertz CT molecular complexity index is 1230. The van der Waals surface area contributed by atoms with Crippen molar-refractivity contribution < 1.29 is 19.1 Å². The molecule has 1 saturated heterocycles. The Balaban J connectivity index is 1.41. The lowest BCUT2D eigenvalue weighted by Gasteiger charge is -2.31. The molecule has 1 aliphatic carbocycles. The Morgan fingerprint density at radius 1 is 0.946 bits per heavy atom. The topological polar surface area (TPSA) is 67.9 Å². The van der Waals surface area contributed by atoms with Gasteiger partial charge in [0.15, 0.2) is 11.5 Å². The first-order valence-corrected chi connectivity index (χ1v) is 13.7. The van der Waals surface area contributed by atoms with Gasteiger partial charge in [-0.1, -0.05) is 66.7 Å². The highest BCUT2D eigenvalue weighted by atomic mass is 32.2. The quantitative estimate of drug-likeness (QED) is 0.426. The van der Waals surface area contributed by atoms with Crippen molar-refractivity contribution in [3.05, 3.63) is 95.6 Å². The number of amides is 2. The standard InChI is InChI=1S/C30H32N2O4S/c1-35-26-16-15-23(18-27(26)36-2)30-32(29(34)22-13-14-22)25(19-37-30)28(33)31-24(21-11-7-4-8-12-21)17-20-9-5-3-6-10-20/h3-12,15-16,18,22,24-25,30H,13-14,17,19H2,1-2H3,(H,31,33). The molecule has 7 heteroatoms. The molecule has 2 amide bonds. The van der Waals surface area contributed by atoms with Crippen LogP contribution in [-0.4, -0.2) is 42.7 Å². The van der Waals surface area contributed by atoms with Crippen LogP contribution in [0.25, 0.3) is 0 Å². The number of thioether (sulfide) groups is 1. The molecule has 3 aromatic carbocycles. The van der Waals surface area contributed by atoms with Gasteiger partial charge >= 0.3 is 0 Å². The van der Waals surface area contributed by atoms with Crippen LogP contribution in [0.2, 0.25) is 0 Å². The summed E-state index contributed by atoms with van der Waals surface area (Å²) < 4.78 is 10.9. The van der Waals surface area contributed by atoms with E-state index in [1.54, 1.807) is 26.0 Å². The van der Waals surface area contributed by atoms with Crippen molar-refractivity contribution in [3.63, 3.8) is 0 Å². The summed E-state index contributed by atoms with van der Waals surface area (Å²) in [5, 5.41) is 3.03. The van der Waals surface area contributed by atoms with Crippen molar-refractivity contribution in [2.45, 2.75) is 36.7 Å². The zero-order valence-corrected chi connectivity index (χ0v) is 21.9. The number of benzene rings is 3. The smallest absolute Gasteiger partial charge is 0.244 e. The van der Waals surface area contributed by atoms with Gasteiger partial charge in [-0.15, -0.1) is 11.8 Å². The third kappa shape index (κ3) is 5.62. The molecular weight excluding hydrogens is 484 g/mol. The largest absolute Gasteiger partial charge is 0.493 e. The summed E-state index contributed by atoms with van der Waals surface area (Å²) in [6.45, 7) is 0. The first kappa shape index (κ1) is 25.2. The molecule has 1 saturated carbocycles. The summed E-state index contributed by atoms with van der Waals surface area (Å²) in [6.07, 6.45) is 2.44. The summed E-state index contributed by atoms with van der Waals surface area (Å²) in [5.41, 5.74) is 3.12. The second-order valence-corrected chi connectivity index (χ2v) is 10.6. The average Bonchev–Trinajstić information content (AvgIpc) is 3.70. The van der Waals surface area contributed by atoms with Gasteiger partial charge in [-0.25, -0.2) is 0 Å². The zero-order valence-electron chi connectivity index (χ0n) is 21.1. The molecule has 37 heavy (non-hydrogen) atoms. The minimum Gasteiger partial charge on any atom is -0.493 e. The fourth-order valence-corrected chi connectivity index (χ4v) is 6.26. The Kier molecular flexibility index (Phi) is 7.70. The molecule has 5 rings (SSSR count). The normalized spacial score (nSPS) is 19.8. The highest BCUT2D eigenvalue weighted by Gasteiger charge is 2.47. The van der Waals surface area contributed by atoms with E-state index in [0.717, 1.165) is 29.5 Å². The molecule has 2 fully saturated rings. The van der Waals surface area contributed by atoms with Crippen LogP contribution in [0.4, 0.5) is 0 Å². The van der Waals surface area contributed by atoms with E-state index in [1.807, 2.05) is 71.6 Å². The SMILES string of the molecule is COc1ccc(C2SCC(C(=O)NC(Cc3ccccc3)c3ccccc3)N2C(=O)C2CC2)cc1OC. The predicted molar refractivity (Wildman–Crippen MR) is 146 cm³/mol. The molecular formula is C30H32N2O4S. The maximum absolute atomic E-state index is 13.8. The Morgan fingerprint density at radius 2 is 1.62 bits per heavy atom. The molecule has 1 N–H and O–H groups in total. The van der Waals surface area contributed by atoms with Gasteiger partial charge in [-0.2, -0.15) is 0 Å². The maximum atomic E-state index is 13.8. The summed E-state index contributed by atoms with van der Waals surface area (Å²) in [5.74, 6) is 1.73. The summed E-state index contributed by atoms with van der Waals surface area (Å²) in [6, 6.07) is 25.2. The van der Waals surface area contributed by atoms with Crippen LogP contribution in [0.5, 0.6) is 11.5 Å². The highest BCUT2D eigenvalue weighted by Crippen LogP contribution is 2.46. The van der Waals surface area contributed by atoms with Crippen LogP contribution >= 0.6 is 11.8 Å². The second kappa shape index (κ2) is 11.3. The summed E-state index contributed by atoms with van der Waals surface area (Å²) >= 11 is 1.62. The molecule has 3 aromatic rings. The van der Waals surface area contributed by atoms with Gasteiger partial charge in [0.2, 0.25) is 11.8 Å². The predicted octanol–water partition coefficient (Wildman–Crippen LogP) is 5.16. The molecule has 3 unspecified atom stereocenters. The summed E-state index contributed by atoms with van der Waals surface area (Å²) in [4.78, 5) is 29.1. The number of carbonyl (C=O) groups is 2. The molecule has 1 aliphatic heterocycles. The number of hydrogen-bond donors (Lipinski definition) is 1. The van der Waals surface area contributed by atoms with E-state index in [1.165, 1.54) is 0 Å². The van der Waals surface area contributed by atoms with E-state index in [4.69, 9.17) is 9.47 Å². The fourth-order valence-electron chi connectivity index (χ4n) is 4.84. The first-order valence-electron chi connectivity index (χ1n) is 12.6. The average molecular weight is 517 g/mol. The van der Waals surface area contributed by atoms with Gasteiger partial charge in [0.05, 0.1) is 20.3 Å². The van der Waals surface area contributed by atoms with E-state index in [-0.39, 0.29) is 29.1 Å². The van der Waals surface area contributed by atoms with E-state index < -0.39 is 6.04 Å². The molecule has 6 nitrogen and oxygen atoms in total. The summed E-state index contributed by atoms with van der Waals surface area (Å²) in [7, 11) is 3.20. The minimum atomic E-state index is -0.543. The van der Waals surface area contributed by atoms with Crippen LogP contribution in [0, 0.1) is 5.92 Å². The number of hydrogen-bond acceptors (Lipinski definition) is 5. The number of nitrogens with zero attached hydrogens (tertiary/aromatic N) is 1. The fraction of sp³-hybridized carbons (Fsp3) is 0.333. The van der Waals surface area contributed by atoms with E-state index in [2.05, 4.69) is 17.4 Å². The number of nitrogens with one attached hydrogen (secondary N) is 1. The van der Waals surface area contributed by atoms with Crippen LogP contribution < -0.4 is 14.8 Å². The van der Waals surface area contributed by atoms with Crippen molar-refractivity contribution in [2.75, 3.05) is 20.0 Å². The number of rotatable bonds is 9. The van der Waals surface area contributed by atoms with Crippen molar-refractivity contribution in [1.82, 2.24) is 10.2 Å². The monoisotopic (exact) mass is 516 g/mol. The molecule has 1 heterocycles. The third-order valence-corrected chi connectivity index (χ3v) is 8.30. The van der Waals surface area contributed by atoms with Gasteiger partial charge in [-0.05, 0) is 48.1 Å². The lowest BCUT2D eigenvalue weighted by Crippen LogP contribution is -2.49. The van der Waals surface area contributed by atoms with Crippen molar-refractivity contribution in [3.8, 4) is 11.5 Å². The lowest BCUT2D eigenvalue weighted by molar-refractivity contribution is -0.141. The Hall–Kier alpha value is -3.45. The maximum Gasteiger partial charge on any atom is 0.244 e. The first-order chi connectivity index (χ1) is 18.1. The zero-order chi connectivity index (χ0) is 25.8. The molecule has 3 atom stereocenters. The Labute approximate surface area is 222 Å². The number of carbonyl (C=O) groups excluding carboxylic acids is 2. The van der Waals surface area contributed by atoms with Gasteiger partial charge in [0, 0.05) is 11.7 Å². The van der Waals surface area contributed by atoms with E-state index in [9.17, 15) is 9.59 Å². The van der Waals surface area contributed by atoms with Crippen LogP contribution in [-0.2, 0) is 16.0 Å². The molecule has 0 spiro atoms. The molecule has 0 aromatic heterocycles. The van der Waals surface area contributed by atoms with Gasteiger partial charge < -0.3 is 19.7 Å². The van der Waals surface area contributed by atoms with Crippen molar-refractivity contribution in [1.29, 1.82) is 0 Å². The van der Waals surface area contributed by atoms with Crippen LogP contribution in [0.3, 0.4) is 0 Å². The molecule has 192 valence electrons. The van der Waals surface area contributed by atoms with Gasteiger partial charge in [-0.3, -0.25) is 9.59 Å². The van der Waals surface area contributed by atoms with Crippen LogP contribution in [0.15, 0.2) is 78.9 Å². The molecule has 2 aliphatic rings. The third-order valence-electron chi connectivity index (χ3n) is 6.98. The van der Waals surface area contributed by atoms with Crippen molar-refractivity contribution in [2.24, 2.45) is 5.92 Å². The van der Waals surface area contributed by atoms with Crippen LogP contribution in [0.1, 0.15) is 40.9 Å². The van der Waals surface area contributed by atoms with Crippen molar-refractivity contribution >= 4 is 23.6 Å². The van der Waals surface area contributed by atoms with Gasteiger partial charge in [0.25, 0.3) is 0 Å². The lowest BCUT2D eigenvalue weighted by atomic mass is 9.98. The highest BCUT2D eigenvalue weighted by molar-refractivity contribution is 7.99. The number of ether oxygens (including phenoxy) is 2. The molecule has 0 bridgehead atoms.